The van der Waals surface area contributed by atoms with Crippen molar-refractivity contribution in [3.05, 3.63) is 69.9 Å². The van der Waals surface area contributed by atoms with Crippen LogP contribution in [-0.2, 0) is 0 Å². The lowest BCUT2D eigenvalue weighted by Gasteiger charge is -2.11. The Labute approximate surface area is 265 Å². The van der Waals surface area contributed by atoms with E-state index in [4.69, 9.17) is 10.2 Å². The molecule has 12 nitrogen and oxygen atoms in total. The first-order valence-corrected chi connectivity index (χ1v) is 16.6. The van der Waals surface area contributed by atoms with Crippen LogP contribution >= 0.6 is 53.4 Å². The summed E-state index contributed by atoms with van der Waals surface area (Å²) in [6, 6.07) is 16.1. The van der Waals surface area contributed by atoms with Gasteiger partial charge in [-0.15, -0.1) is 20.4 Å². The van der Waals surface area contributed by atoms with E-state index in [1.54, 1.807) is 22.0 Å². The largest absolute Gasteiger partial charge is 0.226 e. The van der Waals surface area contributed by atoms with Gasteiger partial charge < -0.3 is 0 Å². The SMILES string of the molecule is CC(C)n1nnc(-c2cnn(-c3cccc(Br)c3)c2SSc2c(-c3nnn(C(C)C)n3)cnn2-c2cccc(Br)c2)n1. The van der Waals surface area contributed by atoms with Crippen molar-refractivity contribution in [3.63, 3.8) is 0 Å². The minimum Gasteiger partial charge on any atom is -0.226 e. The second-order valence-electron chi connectivity index (χ2n) is 9.73. The lowest BCUT2D eigenvalue weighted by Crippen LogP contribution is -2.04. The molecule has 0 N–H and O–H groups in total. The van der Waals surface area contributed by atoms with Crippen molar-refractivity contribution in [2.24, 2.45) is 0 Å². The lowest BCUT2D eigenvalue weighted by atomic mass is 10.3. The number of rotatable bonds is 9. The molecule has 214 valence electrons. The number of hydrogen-bond donors (Lipinski definition) is 0. The Kier molecular flexibility index (Phi) is 8.29. The van der Waals surface area contributed by atoms with Crippen LogP contribution in [0.5, 0.6) is 0 Å². The average Bonchev–Trinajstić information content (AvgIpc) is 3.76. The number of aromatic nitrogens is 12. The highest BCUT2D eigenvalue weighted by molar-refractivity contribution is 9.10. The molecule has 0 aliphatic rings. The summed E-state index contributed by atoms with van der Waals surface area (Å²) in [7, 11) is 3.03. The van der Waals surface area contributed by atoms with Crippen molar-refractivity contribution < 1.29 is 0 Å². The van der Waals surface area contributed by atoms with Crippen molar-refractivity contribution in [1.29, 1.82) is 0 Å². The number of benzene rings is 2. The van der Waals surface area contributed by atoms with Crippen molar-refractivity contribution in [3.8, 4) is 34.2 Å². The molecule has 0 aliphatic heterocycles. The summed E-state index contributed by atoms with van der Waals surface area (Å²) in [4.78, 5) is 3.19. The van der Waals surface area contributed by atoms with E-state index >= 15 is 0 Å². The van der Waals surface area contributed by atoms with Gasteiger partial charge in [-0.25, -0.2) is 9.36 Å². The number of tetrazole rings is 2. The van der Waals surface area contributed by atoms with Crippen molar-refractivity contribution in [2.75, 3.05) is 0 Å². The van der Waals surface area contributed by atoms with E-state index < -0.39 is 0 Å². The van der Waals surface area contributed by atoms with Gasteiger partial charge in [-0.2, -0.15) is 19.8 Å². The van der Waals surface area contributed by atoms with Crippen LogP contribution in [0.15, 0.2) is 79.9 Å². The molecule has 4 heterocycles. The number of hydrogen-bond acceptors (Lipinski definition) is 10. The van der Waals surface area contributed by atoms with Crippen LogP contribution in [0.25, 0.3) is 34.2 Å². The zero-order valence-electron chi connectivity index (χ0n) is 22.9. The Morgan fingerprint density at radius 3 is 1.43 bits per heavy atom. The monoisotopic (exact) mass is 726 g/mol. The van der Waals surface area contributed by atoms with Gasteiger partial charge in [0.05, 0.1) is 47.0 Å². The van der Waals surface area contributed by atoms with Crippen LogP contribution in [-0.4, -0.2) is 60.0 Å². The van der Waals surface area contributed by atoms with Gasteiger partial charge in [-0.05, 0) is 96.1 Å². The Bertz CT molecular complexity index is 1720. The first-order valence-electron chi connectivity index (χ1n) is 12.9. The maximum atomic E-state index is 4.73. The highest BCUT2D eigenvalue weighted by atomic mass is 79.9. The van der Waals surface area contributed by atoms with Crippen molar-refractivity contribution >= 4 is 53.4 Å². The molecule has 4 aromatic heterocycles. The quantitative estimate of drug-likeness (QED) is 0.146. The minimum atomic E-state index is 0.0747. The Balaban J connectivity index is 1.45. The lowest BCUT2D eigenvalue weighted by molar-refractivity contribution is 0.455. The smallest absolute Gasteiger partial charge is 0.209 e. The first-order chi connectivity index (χ1) is 20.3. The molecule has 0 spiro atoms. The van der Waals surface area contributed by atoms with Gasteiger partial charge in [0.2, 0.25) is 11.6 Å². The highest BCUT2D eigenvalue weighted by Gasteiger charge is 2.24. The molecule has 0 amide bonds. The fourth-order valence-corrected chi connectivity index (χ4v) is 7.19. The number of nitrogens with zero attached hydrogens (tertiary/aromatic N) is 12. The van der Waals surface area contributed by atoms with Gasteiger partial charge in [-0.1, -0.05) is 44.0 Å². The van der Waals surface area contributed by atoms with Gasteiger partial charge in [0.25, 0.3) is 0 Å². The van der Waals surface area contributed by atoms with E-state index in [1.165, 1.54) is 21.6 Å². The van der Waals surface area contributed by atoms with Gasteiger partial charge in [0.1, 0.15) is 10.1 Å². The molecule has 6 aromatic rings. The Morgan fingerprint density at radius 1 is 0.643 bits per heavy atom. The molecule has 0 saturated heterocycles. The van der Waals surface area contributed by atoms with E-state index in [9.17, 15) is 0 Å². The standard InChI is InChI=1S/C26H24Br2N12S2/c1-15(2)39-33-23(31-35-39)21-13-29-37(19-9-5-7-17(27)11-19)25(21)41-42-26-22(24-32-36-40(34-24)16(3)4)14-30-38(26)20-10-6-8-18(28)12-20/h5-16H,1-4H3. The van der Waals surface area contributed by atoms with Gasteiger partial charge in [0, 0.05) is 8.95 Å². The van der Waals surface area contributed by atoms with Crippen LogP contribution in [0.3, 0.4) is 0 Å². The zero-order valence-corrected chi connectivity index (χ0v) is 27.7. The molecule has 16 heteroatoms. The first kappa shape index (κ1) is 28.8. The second-order valence-corrected chi connectivity index (χ2v) is 13.7. The molecule has 42 heavy (non-hydrogen) atoms. The molecule has 6 rings (SSSR count). The molecule has 0 unspecified atom stereocenters. The van der Waals surface area contributed by atoms with E-state index in [2.05, 4.69) is 62.7 Å². The third kappa shape index (κ3) is 5.80. The average molecular weight is 729 g/mol. The third-order valence-corrected chi connectivity index (χ3v) is 9.39. The van der Waals surface area contributed by atoms with Crippen LogP contribution in [0.1, 0.15) is 39.8 Å². The van der Waals surface area contributed by atoms with E-state index in [0.29, 0.717) is 11.6 Å². The van der Waals surface area contributed by atoms with Crippen molar-refractivity contribution in [2.45, 2.75) is 49.8 Å². The normalized spacial score (nSPS) is 11.7. The zero-order chi connectivity index (χ0) is 29.4. The van der Waals surface area contributed by atoms with Crippen molar-refractivity contribution in [1.82, 2.24) is 60.0 Å². The fourth-order valence-electron chi connectivity index (χ4n) is 3.91. The molecule has 0 radical (unpaired) electrons. The van der Waals surface area contributed by atoms with Crippen LogP contribution in [0.2, 0.25) is 0 Å². The van der Waals surface area contributed by atoms with Gasteiger partial charge in [0.15, 0.2) is 0 Å². The minimum absolute atomic E-state index is 0.0747. The highest BCUT2D eigenvalue weighted by Crippen LogP contribution is 2.46. The summed E-state index contributed by atoms with van der Waals surface area (Å²) in [6.45, 7) is 8.04. The second kappa shape index (κ2) is 12.1. The molecule has 0 atom stereocenters. The molecule has 0 bridgehead atoms. The van der Waals surface area contributed by atoms with Crippen LogP contribution in [0, 0.1) is 0 Å². The summed E-state index contributed by atoms with van der Waals surface area (Å²) in [6.07, 6.45) is 3.54. The molecule has 0 fully saturated rings. The Hall–Kier alpha value is -3.34. The predicted octanol–water partition coefficient (Wildman–Crippen LogP) is 6.85. The molecular formula is C26H24Br2N12S2. The summed E-state index contributed by atoms with van der Waals surface area (Å²) in [5.74, 6) is 0.991. The molecular weight excluding hydrogens is 704 g/mol. The number of halogens is 2. The molecule has 0 saturated carbocycles. The summed E-state index contributed by atoms with van der Waals surface area (Å²) < 4.78 is 5.64. The maximum absolute atomic E-state index is 4.73. The summed E-state index contributed by atoms with van der Waals surface area (Å²) >= 11 is 7.17. The third-order valence-electron chi connectivity index (χ3n) is 6.02. The predicted molar refractivity (Wildman–Crippen MR) is 169 cm³/mol. The van der Waals surface area contributed by atoms with E-state index in [-0.39, 0.29) is 12.1 Å². The Morgan fingerprint density at radius 2 is 1.07 bits per heavy atom. The maximum Gasteiger partial charge on any atom is 0.209 e. The topological polar surface area (TPSA) is 123 Å². The molecule has 2 aromatic carbocycles. The van der Waals surface area contributed by atoms with Gasteiger partial charge in [-0.3, -0.25) is 0 Å². The van der Waals surface area contributed by atoms with E-state index in [0.717, 1.165) is 41.5 Å². The van der Waals surface area contributed by atoms with Crippen LogP contribution in [0.4, 0.5) is 0 Å². The fraction of sp³-hybridized carbons (Fsp3) is 0.231. The summed E-state index contributed by atoms with van der Waals surface area (Å²) in [5, 5.41) is 37.5. The summed E-state index contributed by atoms with van der Waals surface area (Å²) in [5.41, 5.74) is 3.30. The van der Waals surface area contributed by atoms with E-state index in [1.807, 2.05) is 85.6 Å². The van der Waals surface area contributed by atoms with Crippen LogP contribution < -0.4 is 0 Å². The molecule has 0 aliphatic carbocycles. The van der Waals surface area contributed by atoms with Gasteiger partial charge >= 0.3 is 0 Å².